The first-order valence-corrected chi connectivity index (χ1v) is 14.6. The van der Waals surface area contributed by atoms with Crippen LogP contribution < -0.4 is 9.47 Å². The molecule has 10 heteroatoms. The summed E-state index contributed by atoms with van der Waals surface area (Å²) in [6.45, 7) is 4.25. The number of ether oxygens (including phenoxy) is 2. The number of nitrogens with zero attached hydrogens (tertiary/aromatic N) is 2. The van der Waals surface area contributed by atoms with Crippen molar-refractivity contribution < 1.29 is 32.9 Å². The predicted molar refractivity (Wildman–Crippen MR) is 152 cm³/mol. The van der Waals surface area contributed by atoms with Gasteiger partial charge in [0.15, 0.2) is 0 Å². The number of carbonyl (C=O) groups is 1. The van der Waals surface area contributed by atoms with Crippen molar-refractivity contribution in [2.45, 2.75) is 37.4 Å². The van der Waals surface area contributed by atoms with Gasteiger partial charge in [-0.3, -0.25) is 4.90 Å². The van der Waals surface area contributed by atoms with Crippen LogP contribution in [-0.2, 0) is 16.6 Å². The van der Waals surface area contributed by atoms with Crippen molar-refractivity contribution in [1.29, 1.82) is 0 Å². The van der Waals surface area contributed by atoms with E-state index in [2.05, 4.69) is 0 Å². The fourth-order valence-electron chi connectivity index (χ4n) is 4.94. The second-order valence-corrected chi connectivity index (χ2v) is 12.1. The minimum atomic E-state index is -3.96. The van der Waals surface area contributed by atoms with Crippen LogP contribution in [0, 0.1) is 5.92 Å². The molecule has 1 heterocycles. The summed E-state index contributed by atoms with van der Waals surface area (Å²) in [4.78, 5) is 13.7. The molecule has 1 aliphatic rings. The van der Waals surface area contributed by atoms with Gasteiger partial charge in [0.05, 0.1) is 19.3 Å². The fourth-order valence-corrected chi connectivity index (χ4v) is 6.76. The normalized spacial score (nSPS) is 19.6. The summed E-state index contributed by atoms with van der Waals surface area (Å²) >= 11 is 0. The van der Waals surface area contributed by atoms with Gasteiger partial charge in [-0.05, 0) is 61.0 Å². The predicted octanol–water partition coefficient (Wildman–Crippen LogP) is 3.96. The Bertz CT molecular complexity index is 1440. The van der Waals surface area contributed by atoms with Crippen molar-refractivity contribution in [3.8, 4) is 22.6 Å². The van der Waals surface area contributed by atoms with Gasteiger partial charge < -0.3 is 19.7 Å². The molecule has 1 aliphatic heterocycles. The van der Waals surface area contributed by atoms with Crippen molar-refractivity contribution in [2.24, 2.45) is 5.92 Å². The summed E-state index contributed by atoms with van der Waals surface area (Å²) < 4.78 is 40.6. The molecule has 4 rings (SSSR count). The Hall–Kier alpha value is -3.44. The summed E-state index contributed by atoms with van der Waals surface area (Å²) in [6.07, 6.45) is -0.421. The molecule has 0 aliphatic carbocycles. The molecule has 9 nitrogen and oxygen atoms in total. The van der Waals surface area contributed by atoms with E-state index in [0.29, 0.717) is 24.4 Å². The van der Waals surface area contributed by atoms with Gasteiger partial charge in [-0.2, -0.15) is 4.31 Å². The number of aromatic carboxylic acids is 1. The summed E-state index contributed by atoms with van der Waals surface area (Å²) in [6, 6.07) is 18.7. The monoisotopic (exact) mass is 568 g/mol. The number of likely N-dealkylation sites (N-methyl/N-ethyl adjacent to an activating group) is 1. The number of rotatable bonds is 9. The lowest BCUT2D eigenvalue weighted by Gasteiger charge is -2.37. The lowest BCUT2D eigenvalue weighted by molar-refractivity contribution is 0.0686. The van der Waals surface area contributed by atoms with E-state index in [1.807, 2.05) is 43.1 Å². The number of hydrogen-bond acceptors (Lipinski definition) is 7. The summed E-state index contributed by atoms with van der Waals surface area (Å²) in [5, 5.41) is 19.5. The smallest absolute Gasteiger partial charge is 0.336 e. The van der Waals surface area contributed by atoms with Crippen molar-refractivity contribution in [3.63, 3.8) is 0 Å². The second-order valence-electron chi connectivity index (χ2n) is 10.3. The standard InChI is InChI=1S/C30H36N2O7S/c1-20-16-32(21(2)19-33)40(36,37)29-14-11-23(22-9-12-25(38-4)13-10-22)15-27(29)39-28(20)18-31(3)17-24-7-5-6-8-26(24)30(34)35/h5-15,20-21,28,33H,16-19H2,1-4H3,(H,34,35)/t20-,21-,28-/m0/s1. The molecular weight excluding hydrogens is 532 g/mol. The number of benzene rings is 3. The maximum Gasteiger partial charge on any atom is 0.336 e. The quantitative estimate of drug-likeness (QED) is 0.399. The zero-order valence-electron chi connectivity index (χ0n) is 23.1. The molecule has 3 atom stereocenters. The third kappa shape index (κ3) is 6.31. The molecule has 0 radical (unpaired) electrons. The van der Waals surface area contributed by atoms with Gasteiger partial charge in [0.2, 0.25) is 10.0 Å². The van der Waals surface area contributed by atoms with Crippen molar-refractivity contribution in [3.05, 3.63) is 77.9 Å². The summed E-state index contributed by atoms with van der Waals surface area (Å²) in [7, 11) is -0.487. The Morgan fingerprint density at radius 1 is 1.12 bits per heavy atom. The summed E-state index contributed by atoms with van der Waals surface area (Å²) in [5.74, 6) is -0.277. The molecule has 0 bridgehead atoms. The van der Waals surface area contributed by atoms with Crippen LogP contribution in [0.4, 0.5) is 0 Å². The third-order valence-electron chi connectivity index (χ3n) is 7.27. The van der Waals surface area contributed by atoms with E-state index in [0.717, 1.165) is 11.1 Å². The highest BCUT2D eigenvalue weighted by Gasteiger charge is 2.38. The largest absolute Gasteiger partial charge is 0.497 e. The van der Waals surface area contributed by atoms with Gasteiger partial charge in [0.25, 0.3) is 0 Å². The topological polar surface area (TPSA) is 117 Å². The highest BCUT2D eigenvalue weighted by Crippen LogP contribution is 2.37. The van der Waals surface area contributed by atoms with E-state index in [9.17, 15) is 23.4 Å². The Kier molecular flexibility index (Phi) is 9.15. The third-order valence-corrected chi connectivity index (χ3v) is 9.29. The summed E-state index contributed by atoms with van der Waals surface area (Å²) in [5.41, 5.74) is 2.58. The van der Waals surface area contributed by atoms with Crippen LogP contribution in [0.15, 0.2) is 71.6 Å². The Morgan fingerprint density at radius 3 is 2.45 bits per heavy atom. The zero-order chi connectivity index (χ0) is 29.0. The van der Waals surface area contributed by atoms with Crippen LogP contribution in [0.1, 0.15) is 29.8 Å². The molecule has 0 aromatic heterocycles. The molecule has 40 heavy (non-hydrogen) atoms. The molecule has 214 valence electrons. The van der Waals surface area contributed by atoms with Crippen molar-refractivity contribution >= 4 is 16.0 Å². The van der Waals surface area contributed by atoms with E-state index < -0.39 is 28.1 Å². The highest BCUT2D eigenvalue weighted by molar-refractivity contribution is 7.89. The fraction of sp³-hybridized carbons (Fsp3) is 0.367. The molecule has 0 saturated carbocycles. The number of sulfonamides is 1. The second kappa shape index (κ2) is 12.4. The van der Waals surface area contributed by atoms with Gasteiger partial charge in [-0.1, -0.05) is 43.3 Å². The number of aliphatic hydroxyl groups excluding tert-OH is 1. The first-order chi connectivity index (χ1) is 19.0. The van der Waals surface area contributed by atoms with E-state index in [1.54, 1.807) is 56.5 Å². The Balaban J connectivity index is 1.71. The lowest BCUT2D eigenvalue weighted by atomic mass is 10.0. The van der Waals surface area contributed by atoms with Crippen LogP contribution in [0.25, 0.3) is 11.1 Å². The van der Waals surface area contributed by atoms with Gasteiger partial charge in [0.1, 0.15) is 22.5 Å². The first kappa shape index (κ1) is 29.5. The van der Waals surface area contributed by atoms with Gasteiger partial charge >= 0.3 is 5.97 Å². The molecular formula is C30H36N2O7S. The number of hydrogen-bond donors (Lipinski definition) is 2. The number of fused-ring (bicyclic) bond motifs is 1. The van der Waals surface area contributed by atoms with E-state index in [1.165, 1.54) is 4.31 Å². The highest BCUT2D eigenvalue weighted by atomic mass is 32.2. The number of aliphatic hydroxyl groups is 1. The molecule has 0 fully saturated rings. The molecule has 0 amide bonds. The Labute approximate surface area is 235 Å². The molecule has 0 saturated heterocycles. The van der Waals surface area contributed by atoms with Crippen molar-refractivity contribution in [2.75, 3.05) is 33.9 Å². The number of methoxy groups -OCH3 is 1. The van der Waals surface area contributed by atoms with Crippen molar-refractivity contribution in [1.82, 2.24) is 9.21 Å². The number of carboxylic acids is 1. The minimum Gasteiger partial charge on any atom is -0.497 e. The first-order valence-electron chi connectivity index (χ1n) is 13.1. The average Bonchev–Trinajstić information content (AvgIpc) is 2.94. The van der Waals surface area contributed by atoms with Gasteiger partial charge in [0, 0.05) is 31.6 Å². The van der Waals surface area contributed by atoms with Crippen LogP contribution in [0.3, 0.4) is 0 Å². The van der Waals surface area contributed by atoms with Gasteiger partial charge in [-0.25, -0.2) is 13.2 Å². The molecule has 0 spiro atoms. The molecule has 3 aromatic carbocycles. The van der Waals surface area contributed by atoms with Crippen LogP contribution in [0.2, 0.25) is 0 Å². The van der Waals surface area contributed by atoms with Gasteiger partial charge in [-0.15, -0.1) is 0 Å². The van der Waals surface area contributed by atoms with Crippen LogP contribution in [-0.4, -0.2) is 79.8 Å². The van der Waals surface area contributed by atoms with Crippen LogP contribution in [0.5, 0.6) is 11.5 Å². The van der Waals surface area contributed by atoms with E-state index in [4.69, 9.17) is 9.47 Å². The zero-order valence-corrected chi connectivity index (χ0v) is 24.0. The number of carboxylic acid groups (broad SMARTS) is 1. The van der Waals surface area contributed by atoms with Crippen LogP contribution >= 0.6 is 0 Å². The maximum absolute atomic E-state index is 13.8. The SMILES string of the molecule is COc1ccc(-c2ccc3c(c2)O[C@@H](CN(C)Cc2ccccc2C(=O)O)[C@@H](C)CN([C@@H](C)CO)S3(=O)=O)cc1. The maximum atomic E-state index is 13.8. The molecule has 2 N–H and O–H groups in total. The lowest BCUT2D eigenvalue weighted by Crippen LogP contribution is -2.49. The average molecular weight is 569 g/mol. The van der Waals surface area contributed by atoms with E-state index in [-0.39, 0.29) is 35.3 Å². The minimum absolute atomic E-state index is 0.0424. The van der Waals surface area contributed by atoms with E-state index >= 15 is 0 Å². The molecule has 3 aromatic rings. The molecule has 0 unspecified atom stereocenters. The Morgan fingerprint density at radius 2 is 1.80 bits per heavy atom.